The Morgan fingerprint density at radius 1 is 1.18 bits per heavy atom. The number of nitrogens with one attached hydrogen (secondary N) is 1. The number of anilines is 2. The molecule has 5 nitrogen and oxygen atoms in total. The molecule has 0 bridgehead atoms. The number of carbonyl (C=O) groups excluding carboxylic acids is 1. The van der Waals surface area contributed by atoms with Crippen LogP contribution < -0.4 is 10.2 Å². The van der Waals surface area contributed by atoms with Gasteiger partial charge in [-0.15, -0.1) is 0 Å². The molecular formula is C22H21ClN4O. The monoisotopic (exact) mass is 392 g/mol. The first-order valence-corrected chi connectivity index (χ1v) is 9.72. The number of halogens is 1. The number of aromatic nitrogens is 2. The summed E-state index contributed by atoms with van der Waals surface area (Å²) in [5, 5.41) is 3.64. The van der Waals surface area contributed by atoms with Crippen LogP contribution in [0.15, 0.2) is 60.8 Å². The summed E-state index contributed by atoms with van der Waals surface area (Å²) in [5.74, 6) is 0.362. The molecule has 1 aliphatic rings. The Balaban J connectivity index is 1.45. The number of benzene rings is 2. The zero-order valence-electron chi connectivity index (χ0n) is 15.6. The molecule has 0 spiro atoms. The van der Waals surface area contributed by atoms with Crippen LogP contribution in [0.25, 0.3) is 0 Å². The fourth-order valence-electron chi connectivity index (χ4n) is 3.52. The molecule has 6 heteroatoms. The fourth-order valence-corrected chi connectivity index (χ4v) is 3.65. The van der Waals surface area contributed by atoms with E-state index >= 15 is 0 Å². The van der Waals surface area contributed by atoms with Crippen LogP contribution in [0.5, 0.6) is 0 Å². The van der Waals surface area contributed by atoms with Crippen molar-refractivity contribution in [2.24, 2.45) is 0 Å². The summed E-state index contributed by atoms with van der Waals surface area (Å²) in [6.07, 6.45) is 3.32. The lowest BCUT2D eigenvalue weighted by molar-refractivity contribution is 0.0949. The van der Waals surface area contributed by atoms with Crippen molar-refractivity contribution in [2.45, 2.75) is 25.8 Å². The number of hydrogen-bond donors (Lipinski definition) is 1. The molecule has 1 aromatic heterocycles. The molecule has 4 rings (SSSR count). The van der Waals surface area contributed by atoms with Crippen molar-refractivity contribution in [1.82, 2.24) is 15.3 Å². The Morgan fingerprint density at radius 2 is 1.96 bits per heavy atom. The van der Waals surface area contributed by atoms with Gasteiger partial charge in [-0.3, -0.25) is 4.79 Å². The molecular weight excluding hydrogens is 372 g/mol. The fraction of sp³-hybridized carbons (Fsp3) is 0.227. The van der Waals surface area contributed by atoms with E-state index in [9.17, 15) is 4.79 Å². The lowest BCUT2D eigenvalue weighted by atomic mass is 10.1. The maximum Gasteiger partial charge on any atom is 0.270 e. The molecule has 0 aliphatic carbocycles. The summed E-state index contributed by atoms with van der Waals surface area (Å²) in [7, 11) is 0. The van der Waals surface area contributed by atoms with Gasteiger partial charge in [-0.05, 0) is 55.2 Å². The molecule has 0 saturated carbocycles. The molecule has 0 fully saturated rings. The van der Waals surface area contributed by atoms with Gasteiger partial charge >= 0.3 is 0 Å². The van der Waals surface area contributed by atoms with Crippen molar-refractivity contribution in [3.8, 4) is 0 Å². The topological polar surface area (TPSA) is 58.1 Å². The summed E-state index contributed by atoms with van der Waals surface area (Å²) in [4.78, 5) is 23.6. The molecule has 3 aromatic rings. The lowest BCUT2D eigenvalue weighted by Gasteiger charge is -2.22. The van der Waals surface area contributed by atoms with E-state index in [4.69, 9.17) is 11.6 Å². The quantitative estimate of drug-likeness (QED) is 0.707. The molecule has 28 heavy (non-hydrogen) atoms. The van der Waals surface area contributed by atoms with Gasteiger partial charge in [0.25, 0.3) is 5.91 Å². The highest BCUT2D eigenvalue weighted by molar-refractivity contribution is 6.30. The predicted molar refractivity (Wildman–Crippen MR) is 111 cm³/mol. The van der Waals surface area contributed by atoms with E-state index in [1.165, 1.54) is 5.56 Å². The average molecular weight is 393 g/mol. The Hall–Kier alpha value is -2.92. The van der Waals surface area contributed by atoms with Crippen molar-refractivity contribution in [1.29, 1.82) is 0 Å². The number of fused-ring (bicyclic) bond motifs is 1. The Morgan fingerprint density at radius 3 is 2.79 bits per heavy atom. The summed E-state index contributed by atoms with van der Waals surface area (Å²) in [6.45, 7) is 2.67. The van der Waals surface area contributed by atoms with Gasteiger partial charge in [0, 0.05) is 29.5 Å². The minimum Gasteiger partial charge on any atom is -0.350 e. The number of para-hydroxylation sites is 1. The van der Waals surface area contributed by atoms with Crippen LogP contribution in [0.3, 0.4) is 0 Å². The number of nitrogens with zero attached hydrogens (tertiary/aromatic N) is 3. The van der Waals surface area contributed by atoms with Crippen molar-refractivity contribution < 1.29 is 4.79 Å². The third kappa shape index (κ3) is 3.85. The Bertz CT molecular complexity index is 990. The van der Waals surface area contributed by atoms with Crippen molar-refractivity contribution >= 4 is 29.1 Å². The van der Waals surface area contributed by atoms with Gasteiger partial charge in [0.15, 0.2) is 0 Å². The van der Waals surface area contributed by atoms with Gasteiger partial charge in [0.05, 0.1) is 0 Å². The van der Waals surface area contributed by atoms with Gasteiger partial charge < -0.3 is 10.2 Å². The normalized spacial score (nSPS) is 15.4. The van der Waals surface area contributed by atoms with E-state index < -0.39 is 0 Å². The van der Waals surface area contributed by atoms with E-state index in [1.807, 2.05) is 36.4 Å². The van der Waals surface area contributed by atoms with E-state index in [1.54, 1.807) is 12.3 Å². The van der Waals surface area contributed by atoms with Gasteiger partial charge in [-0.2, -0.15) is 0 Å². The minimum atomic E-state index is -0.197. The van der Waals surface area contributed by atoms with Crippen molar-refractivity contribution in [2.75, 3.05) is 11.4 Å². The van der Waals surface area contributed by atoms with Gasteiger partial charge in [-0.1, -0.05) is 41.9 Å². The van der Waals surface area contributed by atoms with Crippen LogP contribution >= 0.6 is 11.6 Å². The number of hydrogen-bond acceptors (Lipinski definition) is 4. The zero-order chi connectivity index (χ0) is 19.5. The second-order valence-corrected chi connectivity index (χ2v) is 7.36. The number of carbonyl (C=O) groups is 1. The smallest absolute Gasteiger partial charge is 0.270 e. The molecule has 1 unspecified atom stereocenters. The minimum absolute atomic E-state index is 0.197. The lowest BCUT2D eigenvalue weighted by Crippen LogP contribution is -2.29. The first-order chi connectivity index (χ1) is 13.6. The molecule has 1 atom stereocenters. The predicted octanol–water partition coefficient (Wildman–Crippen LogP) is 4.19. The van der Waals surface area contributed by atoms with Crippen LogP contribution in [0, 0.1) is 0 Å². The van der Waals surface area contributed by atoms with Crippen LogP contribution in [-0.2, 0) is 12.8 Å². The summed E-state index contributed by atoms with van der Waals surface area (Å²) in [5.41, 5.74) is 3.87. The molecule has 142 valence electrons. The maximum atomic E-state index is 12.5. The zero-order valence-corrected chi connectivity index (χ0v) is 16.4. The van der Waals surface area contributed by atoms with E-state index in [2.05, 4.69) is 39.2 Å². The highest BCUT2D eigenvalue weighted by Crippen LogP contribution is 2.36. The van der Waals surface area contributed by atoms with Crippen LogP contribution in [-0.4, -0.2) is 28.5 Å². The maximum absolute atomic E-state index is 12.5. The summed E-state index contributed by atoms with van der Waals surface area (Å²) < 4.78 is 0. The molecule has 2 aromatic carbocycles. The average Bonchev–Trinajstić information content (AvgIpc) is 3.05. The van der Waals surface area contributed by atoms with Gasteiger partial charge in [-0.25, -0.2) is 9.97 Å². The SMILES string of the molecule is CC1Cc2ccccc2N1c1nccc(C(=O)NCCc2ccc(Cl)cc2)n1. The highest BCUT2D eigenvalue weighted by atomic mass is 35.5. The third-order valence-corrected chi connectivity index (χ3v) is 5.16. The number of rotatable bonds is 5. The molecule has 0 saturated heterocycles. The van der Waals surface area contributed by atoms with Crippen molar-refractivity contribution in [3.05, 3.63) is 82.6 Å². The first-order valence-electron chi connectivity index (χ1n) is 9.34. The van der Waals surface area contributed by atoms with Crippen molar-refractivity contribution in [3.63, 3.8) is 0 Å². The second-order valence-electron chi connectivity index (χ2n) is 6.93. The summed E-state index contributed by atoms with van der Waals surface area (Å²) >= 11 is 5.90. The summed E-state index contributed by atoms with van der Waals surface area (Å²) in [6, 6.07) is 17.8. The van der Waals surface area contributed by atoms with Gasteiger partial charge in [0.1, 0.15) is 5.69 Å². The van der Waals surface area contributed by atoms with E-state index in [0.29, 0.717) is 23.2 Å². The molecule has 1 N–H and O–H groups in total. The van der Waals surface area contributed by atoms with Crippen LogP contribution in [0.1, 0.15) is 28.5 Å². The van der Waals surface area contributed by atoms with E-state index in [0.717, 1.165) is 24.1 Å². The van der Waals surface area contributed by atoms with Crippen LogP contribution in [0.2, 0.25) is 5.02 Å². The van der Waals surface area contributed by atoms with Gasteiger partial charge in [0.2, 0.25) is 5.95 Å². The Kier molecular flexibility index (Phi) is 5.26. The Labute approximate surface area is 169 Å². The third-order valence-electron chi connectivity index (χ3n) is 4.91. The molecule has 1 amide bonds. The second kappa shape index (κ2) is 7.98. The molecule has 1 aliphatic heterocycles. The van der Waals surface area contributed by atoms with E-state index in [-0.39, 0.29) is 11.9 Å². The standard InChI is InChI=1S/C22H21ClN4O/c1-15-14-17-4-2-3-5-20(17)27(15)22-25-13-11-19(26-22)21(28)24-12-10-16-6-8-18(23)9-7-16/h2-9,11,13,15H,10,12,14H2,1H3,(H,24,28). The highest BCUT2D eigenvalue weighted by Gasteiger charge is 2.29. The van der Waals surface area contributed by atoms with Crippen LogP contribution in [0.4, 0.5) is 11.6 Å². The first kappa shape index (κ1) is 18.4. The number of amides is 1. The largest absolute Gasteiger partial charge is 0.350 e. The molecule has 2 heterocycles. The molecule has 0 radical (unpaired) electrons.